The maximum atomic E-state index is 4.59. The molecule has 0 aromatic rings. The molecule has 2 unspecified atom stereocenters. The molecule has 3 rings (SSSR count). The van der Waals surface area contributed by atoms with E-state index in [-0.39, 0.29) is 24.0 Å². The van der Waals surface area contributed by atoms with E-state index in [4.69, 9.17) is 0 Å². The first kappa shape index (κ1) is 22.2. The number of guanidine groups is 1. The largest absolute Gasteiger partial charge is 0.355 e. The Kier molecular flexibility index (Phi) is 9.99. The molecule has 152 valence electrons. The van der Waals surface area contributed by atoms with E-state index in [1.165, 1.54) is 90.8 Å². The third-order valence-electron chi connectivity index (χ3n) is 6.41. The minimum absolute atomic E-state index is 0. The van der Waals surface area contributed by atoms with Crippen LogP contribution in [0.15, 0.2) is 4.99 Å². The van der Waals surface area contributed by atoms with Crippen molar-refractivity contribution in [1.29, 1.82) is 0 Å². The number of hydrogen-bond donors (Lipinski definition) is 1. The Morgan fingerprint density at radius 3 is 2.50 bits per heavy atom. The predicted octanol–water partition coefficient (Wildman–Crippen LogP) is 2.86. The van der Waals surface area contributed by atoms with Crippen LogP contribution in [0.2, 0.25) is 0 Å². The van der Waals surface area contributed by atoms with Gasteiger partial charge in [-0.2, -0.15) is 0 Å². The third kappa shape index (κ3) is 6.23. The second-order valence-corrected chi connectivity index (χ2v) is 8.17. The molecule has 3 saturated heterocycles. The molecule has 0 bridgehead atoms. The van der Waals surface area contributed by atoms with E-state index >= 15 is 0 Å². The molecule has 0 aromatic heterocycles. The Bertz CT molecular complexity index is 424. The van der Waals surface area contributed by atoms with E-state index < -0.39 is 0 Å². The van der Waals surface area contributed by atoms with Crippen molar-refractivity contribution < 1.29 is 0 Å². The second-order valence-electron chi connectivity index (χ2n) is 8.17. The van der Waals surface area contributed by atoms with Crippen LogP contribution >= 0.6 is 24.0 Å². The molecule has 0 radical (unpaired) electrons. The van der Waals surface area contributed by atoms with E-state index in [9.17, 15) is 0 Å². The fraction of sp³-hybridized carbons (Fsp3) is 0.950. The molecule has 6 heteroatoms. The van der Waals surface area contributed by atoms with E-state index in [1.807, 2.05) is 7.05 Å². The summed E-state index contributed by atoms with van der Waals surface area (Å²) in [7, 11) is 1.94. The lowest BCUT2D eigenvalue weighted by Crippen LogP contribution is -2.49. The summed E-state index contributed by atoms with van der Waals surface area (Å²) in [5.74, 6) is 1.95. The Balaban J connectivity index is 0.00000243. The average Bonchev–Trinajstić information content (AvgIpc) is 3.11. The number of nitrogens with zero attached hydrogens (tertiary/aromatic N) is 4. The highest BCUT2D eigenvalue weighted by molar-refractivity contribution is 14.0. The monoisotopic (exact) mass is 477 g/mol. The first-order valence-corrected chi connectivity index (χ1v) is 10.7. The summed E-state index contributed by atoms with van der Waals surface area (Å²) in [6.45, 7) is 12.1. The maximum Gasteiger partial charge on any atom is 0.193 e. The lowest BCUT2D eigenvalue weighted by Gasteiger charge is -2.36. The highest BCUT2D eigenvalue weighted by Crippen LogP contribution is 2.20. The highest BCUT2D eigenvalue weighted by atomic mass is 127. The van der Waals surface area contributed by atoms with Crippen LogP contribution in [0, 0.1) is 5.92 Å². The number of likely N-dealkylation sites (tertiary alicyclic amines) is 3. The second kappa shape index (κ2) is 11.7. The molecule has 0 amide bonds. The minimum Gasteiger partial charge on any atom is -0.355 e. The molecule has 0 aliphatic carbocycles. The maximum absolute atomic E-state index is 4.59. The number of hydrogen-bond acceptors (Lipinski definition) is 3. The number of halogens is 1. The quantitative estimate of drug-likeness (QED) is 0.375. The summed E-state index contributed by atoms with van der Waals surface area (Å²) in [5, 5.41) is 3.69. The van der Waals surface area contributed by atoms with Gasteiger partial charge >= 0.3 is 0 Å². The van der Waals surface area contributed by atoms with Crippen molar-refractivity contribution in [2.45, 2.75) is 57.9 Å². The van der Waals surface area contributed by atoms with Gasteiger partial charge in [0, 0.05) is 39.3 Å². The van der Waals surface area contributed by atoms with Crippen LogP contribution < -0.4 is 5.32 Å². The van der Waals surface area contributed by atoms with Gasteiger partial charge in [-0.1, -0.05) is 19.8 Å². The summed E-state index contributed by atoms with van der Waals surface area (Å²) in [4.78, 5) is 12.4. The number of nitrogens with one attached hydrogen (secondary N) is 1. The first-order chi connectivity index (χ1) is 12.3. The predicted molar refractivity (Wildman–Crippen MR) is 122 cm³/mol. The minimum atomic E-state index is 0. The van der Waals surface area contributed by atoms with Crippen LogP contribution in [0.25, 0.3) is 0 Å². The van der Waals surface area contributed by atoms with Crippen molar-refractivity contribution in [3.05, 3.63) is 0 Å². The molecule has 3 aliphatic heterocycles. The van der Waals surface area contributed by atoms with Gasteiger partial charge in [-0.25, -0.2) is 0 Å². The van der Waals surface area contributed by atoms with Gasteiger partial charge < -0.3 is 15.1 Å². The number of likely N-dealkylation sites (N-methyl/N-ethyl adjacent to an activating group) is 1. The molecule has 3 heterocycles. The van der Waals surface area contributed by atoms with Gasteiger partial charge in [0.05, 0.1) is 0 Å². The van der Waals surface area contributed by atoms with Crippen LogP contribution in [0.3, 0.4) is 0 Å². The van der Waals surface area contributed by atoms with Crippen molar-refractivity contribution in [3.63, 3.8) is 0 Å². The number of aliphatic imine (C=N–C) groups is 1. The number of rotatable bonds is 5. The van der Waals surface area contributed by atoms with E-state index in [0.717, 1.165) is 18.4 Å². The Morgan fingerprint density at radius 2 is 1.77 bits per heavy atom. The lowest BCUT2D eigenvalue weighted by molar-refractivity contribution is 0.156. The highest BCUT2D eigenvalue weighted by Gasteiger charge is 2.28. The first-order valence-electron chi connectivity index (χ1n) is 10.7. The molecule has 3 aliphatic rings. The topological polar surface area (TPSA) is 34.1 Å². The van der Waals surface area contributed by atoms with E-state index in [1.54, 1.807) is 0 Å². The van der Waals surface area contributed by atoms with Gasteiger partial charge in [0.25, 0.3) is 0 Å². The summed E-state index contributed by atoms with van der Waals surface area (Å²) >= 11 is 0. The van der Waals surface area contributed by atoms with E-state index in [2.05, 4.69) is 31.9 Å². The van der Waals surface area contributed by atoms with Crippen molar-refractivity contribution in [2.75, 3.05) is 59.4 Å². The molecular formula is C20H40IN5. The SMILES string of the molecule is CCN1CCCCC1CNC(=NC)N1CCC(CN2CCCCC2)C1.I. The Labute approximate surface area is 178 Å². The summed E-state index contributed by atoms with van der Waals surface area (Å²) in [5.41, 5.74) is 0. The van der Waals surface area contributed by atoms with Crippen LogP contribution in [0.5, 0.6) is 0 Å². The van der Waals surface area contributed by atoms with Gasteiger partial charge in [0.2, 0.25) is 0 Å². The van der Waals surface area contributed by atoms with Crippen molar-refractivity contribution in [1.82, 2.24) is 20.0 Å². The van der Waals surface area contributed by atoms with Gasteiger partial charge in [0.15, 0.2) is 5.96 Å². The zero-order valence-electron chi connectivity index (χ0n) is 17.0. The standard InChI is InChI=1S/C20H39N5.HI/c1-3-24-13-8-5-9-19(24)15-22-20(21-2)25-14-10-18(17-25)16-23-11-6-4-7-12-23;/h18-19H,3-17H2,1-2H3,(H,21,22);1H. The Hall–Kier alpha value is -0.0800. The fourth-order valence-electron chi connectivity index (χ4n) is 4.93. The molecule has 0 spiro atoms. The lowest BCUT2D eigenvalue weighted by atomic mass is 10.0. The zero-order chi connectivity index (χ0) is 17.5. The summed E-state index contributed by atoms with van der Waals surface area (Å²) < 4.78 is 0. The van der Waals surface area contributed by atoms with Crippen LogP contribution in [-0.4, -0.2) is 86.1 Å². The van der Waals surface area contributed by atoms with Gasteiger partial charge in [-0.15, -0.1) is 24.0 Å². The third-order valence-corrected chi connectivity index (χ3v) is 6.41. The van der Waals surface area contributed by atoms with Gasteiger partial charge in [-0.05, 0) is 64.2 Å². The smallest absolute Gasteiger partial charge is 0.193 e. The zero-order valence-corrected chi connectivity index (χ0v) is 19.3. The molecule has 1 N–H and O–H groups in total. The number of piperidine rings is 2. The molecule has 26 heavy (non-hydrogen) atoms. The van der Waals surface area contributed by atoms with E-state index in [0.29, 0.717) is 6.04 Å². The summed E-state index contributed by atoms with van der Waals surface area (Å²) in [6, 6.07) is 0.683. The van der Waals surface area contributed by atoms with Crippen molar-refractivity contribution in [2.24, 2.45) is 10.9 Å². The molecule has 0 aromatic carbocycles. The molecule has 3 fully saturated rings. The van der Waals surface area contributed by atoms with Crippen LogP contribution in [-0.2, 0) is 0 Å². The Morgan fingerprint density at radius 1 is 1.00 bits per heavy atom. The normalized spacial score (nSPS) is 28.8. The van der Waals surface area contributed by atoms with Crippen LogP contribution in [0.1, 0.15) is 51.9 Å². The summed E-state index contributed by atoms with van der Waals surface area (Å²) in [6.07, 6.45) is 9.62. The van der Waals surface area contributed by atoms with Gasteiger partial charge in [0.1, 0.15) is 0 Å². The molecule has 5 nitrogen and oxygen atoms in total. The van der Waals surface area contributed by atoms with Crippen LogP contribution in [0.4, 0.5) is 0 Å². The molecule has 2 atom stereocenters. The average molecular weight is 477 g/mol. The fourth-order valence-corrected chi connectivity index (χ4v) is 4.93. The van der Waals surface area contributed by atoms with Crippen molar-refractivity contribution >= 4 is 29.9 Å². The van der Waals surface area contributed by atoms with Crippen molar-refractivity contribution in [3.8, 4) is 0 Å². The molecular weight excluding hydrogens is 437 g/mol. The molecule has 0 saturated carbocycles. The van der Waals surface area contributed by atoms with Gasteiger partial charge in [-0.3, -0.25) is 9.89 Å².